The second-order valence-corrected chi connectivity index (χ2v) is 8.88. The van der Waals surface area contributed by atoms with Gasteiger partial charge in [-0.05, 0) is 30.5 Å². The van der Waals surface area contributed by atoms with E-state index in [0.29, 0.717) is 6.07 Å². The molecule has 0 amide bonds. The van der Waals surface area contributed by atoms with Gasteiger partial charge < -0.3 is 23.8 Å². The van der Waals surface area contributed by atoms with Crippen LogP contribution in [0.4, 0.5) is 17.5 Å². The summed E-state index contributed by atoms with van der Waals surface area (Å²) in [6.07, 6.45) is 0. The molecule has 1 heterocycles. The summed E-state index contributed by atoms with van der Waals surface area (Å²) in [4.78, 5) is 19.2. The number of aromatic hydroxyl groups is 1. The van der Waals surface area contributed by atoms with Crippen molar-refractivity contribution in [1.82, 2.24) is 9.97 Å². The van der Waals surface area contributed by atoms with Gasteiger partial charge in [-0.1, -0.05) is 17.8 Å². The first kappa shape index (κ1) is 31.1. The number of hydrogen-bond acceptors (Lipinski definition) is 12. The first-order valence-electron chi connectivity index (χ1n) is 8.64. The minimum Gasteiger partial charge on any atom is -0.744 e. The van der Waals surface area contributed by atoms with E-state index in [4.69, 9.17) is 11.3 Å². The quantitative estimate of drug-likeness (QED) is 0.102. The number of esters is 1. The molecule has 0 aliphatic carbocycles. The second-order valence-electron chi connectivity index (χ2n) is 6.15. The molecule has 0 radical (unpaired) electrons. The van der Waals surface area contributed by atoms with Crippen LogP contribution in [0.15, 0.2) is 44.3 Å². The number of rotatable bonds is 6. The number of azo groups is 1. The number of H-pyrrole nitrogens is 1. The molecule has 3 rings (SSSR count). The van der Waals surface area contributed by atoms with E-state index in [2.05, 4.69) is 25.0 Å². The van der Waals surface area contributed by atoms with Gasteiger partial charge in [-0.3, -0.25) is 4.98 Å². The zero-order valence-corrected chi connectivity index (χ0v) is 24.0. The number of fused-ring (bicyclic) bond motifs is 1. The van der Waals surface area contributed by atoms with E-state index >= 15 is 0 Å². The molecule has 35 heavy (non-hydrogen) atoms. The molecule has 0 spiro atoms. The van der Waals surface area contributed by atoms with Crippen molar-refractivity contribution in [3.05, 3.63) is 41.4 Å². The Bertz CT molecular complexity index is 1580. The Morgan fingerprint density at radius 3 is 2.37 bits per heavy atom. The number of aromatic amines is 1. The molecule has 14 nitrogen and oxygen atoms in total. The van der Waals surface area contributed by atoms with Gasteiger partial charge in [0, 0.05) is 5.39 Å². The van der Waals surface area contributed by atoms with Crippen LogP contribution in [-0.4, -0.2) is 53.6 Å². The van der Waals surface area contributed by atoms with Crippen LogP contribution in [-0.2, 0) is 25.0 Å². The van der Waals surface area contributed by atoms with Crippen molar-refractivity contribution in [2.75, 3.05) is 6.61 Å². The zero-order chi connectivity index (χ0) is 24.6. The van der Waals surface area contributed by atoms with Gasteiger partial charge in [-0.25, -0.2) is 21.6 Å². The number of carbonyl (C=O) groups is 1. The molecule has 3 aromatic rings. The molecule has 0 saturated heterocycles. The Hall–Kier alpha value is -1.91. The van der Waals surface area contributed by atoms with E-state index in [1.807, 2.05) is 0 Å². The minimum atomic E-state index is -5.26. The third-order valence-electron chi connectivity index (χ3n) is 4.08. The van der Waals surface area contributed by atoms with Crippen LogP contribution in [0, 0.1) is 6.57 Å². The molecule has 0 unspecified atom stereocenters. The van der Waals surface area contributed by atoms with E-state index in [0.717, 1.165) is 18.2 Å². The number of phenolic OH excluding ortho intramolecular Hbond substituents is 1. The zero-order valence-electron chi connectivity index (χ0n) is 18.3. The van der Waals surface area contributed by atoms with Gasteiger partial charge in [0.2, 0.25) is 0 Å². The van der Waals surface area contributed by atoms with Crippen LogP contribution in [0.2, 0.25) is 0 Å². The maximum Gasteiger partial charge on any atom is 1.00 e. The average Bonchev–Trinajstić information content (AvgIpc) is 3.14. The molecular formula is C17H11N5Na2O9S2. The second kappa shape index (κ2) is 11.9. The Balaban J connectivity index is 0.00000306. The Kier molecular flexibility index (Phi) is 10.6. The number of benzene rings is 2. The molecular weight excluding hydrogens is 528 g/mol. The largest absolute Gasteiger partial charge is 1.00 e. The van der Waals surface area contributed by atoms with Crippen LogP contribution in [0.3, 0.4) is 0 Å². The number of aromatic nitrogens is 2. The summed E-state index contributed by atoms with van der Waals surface area (Å²) in [6, 6.07) is 3.42. The first-order valence-corrected chi connectivity index (χ1v) is 11.5. The molecule has 172 valence electrons. The SMILES string of the molecule is [C-]#[N+]c1[nH]c(N=Nc2c(O)c(S(=O)(=O)[O-])cc3cc(S(=O)(=O)[O-])ccc23)nc1C(=O)OCC.[Na+].[Na+]. The van der Waals surface area contributed by atoms with E-state index in [1.54, 1.807) is 0 Å². The number of nitrogens with zero attached hydrogens (tertiary/aromatic N) is 4. The molecule has 0 bridgehead atoms. The van der Waals surface area contributed by atoms with Crippen molar-refractivity contribution >= 4 is 54.4 Å². The summed E-state index contributed by atoms with van der Waals surface area (Å²) in [5, 5.41) is 17.3. The van der Waals surface area contributed by atoms with Crippen LogP contribution in [0.5, 0.6) is 5.75 Å². The van der Waals surface area contributed by atoms with Gasteiger partial charge in [0.05, 0.1) is 16.4 Å². The fraction of sp³-hybridized carbons (Fsp3) is 0.118. The van der Waals surface area contributed by atoms with Crippen LogP contribution in [0.25, 0.3) is 15.6 Å². The number of imidazole rings is 1. The molecule has 0 aliphatic rings. The summed E-state index contributed by atoms with van der Waals surface area (Å²) >= 11 is 0. The normalized spacial score (nSPS) is 11.5. The van der Waals surface area contributed by atoms with Gasteiger partial charge in [0.25, 0.3) is 5.82 Å². The van der Waals surface area contributed by atoms with E-state index in [1.165, 1.54) is 6.92 Å². The predicted molar refractivity (Wildman–Crippen MR) is 107 cm³/mol. The Morgan fingerprint density at radius 2 is 1.83 bits per heavy atom. The maximum atomic E-state index is 11.9. The molecule has 0 saturated carbocycles. The first-order chi connectivity index (χ1) is 15.4. The molecule has 1 aromatic heterocycles. The molecule has 0 aliphatic heterocycles. The standard InChI is InChI=1S/C17H13N5O9S2.2Na/c1-3-31-16(24)13-15(18-2)20-17(19-13)22-21-12-10-5-4-9(32(25,26)27)6-8(10)7-11(14(12)23)33(28,29)30;;/h4-7,23H,3H2,1H3,(H,19,20)(H,25,26,27)(H,28,29,30);;/q;2*+1/p-2. The maximum absolute atomic E-state index is 11.9. The topological polar surface area (TPSA) is 219 Å². The van der Waals surface area contributed by atoms with Crippen molar-refractivity contribution in [2.45, 2.75) is 16.7 Å². The van der Waals surface area contributed by atoms with Gasteiger partial charge in [-0.2, -0.15) is 4.98 Å². The predicted octanol–water partition coefficient (Wildman–Crippen LogP) is -3.77. The Labute approximate surface area is 242 Å². The molecule has 0 fully saturated rings. The number of ether oxygens (including phenoxy) is 1. The summed E-state index contributed by atoms with van der Waals surface area (Å²) in [7, 11) is -10.2. The van der Waals surface area contributed by atoms with Crippen LogP contribution >= 0.6 is 0 Å². The third-order valence-corrected chi connectivity index (χ3v) is 5.76. The monoisotopic (exact) mass is 539 g/mol. The van der Waals surface area contributed by atoms with Crippen molar-refractivity contribution in [3.63, 3.8) is 0 Å². The summed E-state index contributed by atoms with van der Waals surface area (Å²) < 4.78 is 73.3. The van der Waals surface area contributed by atoms with Crippen molar-refractivity contribution in [2.24, 2.45) is 10.2 Å². The van der Waals surface area contributed by atoms with Crippen molar-refractivity contribution in [1.29, 1.82) is 0 Å². The summed E-state index contributed by atoms with van der Waals surface area (Å²) in [6.45, 7) is 8.64. The molecule has 2 N–H and O–H groups in total. The Morgan fingerprint density at radius 1 is 1.17 bits per heavy atom. The third kappa shape index (κ3) is 6.86. The number of hydrogen-bond donors (Lipinski definition) is 2. The van der Waals surface area contributed by atoms with E-state index in [-0.39, 0.29) is 82.3 Å². The van der Waals surface area contributed by atoms with Gasteiger partial charge in [0.15, 0.2) is 11.4 Å². The average molecular weight is 539 g/mol. The number of phenols is 1. The number of carbonyl (C=O) groups excluding carboxylic acids is 1. The molecule has 18 heteroatoms. The summed E-state index contributed by atoms with van der Waals surface area (Å²) in [5.41, 5.74) is -0.966. The number of nitrogens with one attached hydrogen (secondary N) is 1. The van der Waals surface area contributed by atoms with Gasteiger partial charge in [0.1, 0.15) is 25.9 Å². The fourth-order valence-electron chi connectivity index (χ4n) is 2.70. The van der Waals surface area contributed by atoms with Gasteiger partial charge >= 0.3 is 71.0 Å². The van der Waals surface area contributed by atoms with Crippen molar-refractivity contribution in [3.8, 4) is 5.75 Å². The van der Waals surface area contributed by atoms with E-state index < -0.39 is 59.1 Å². The molecule has 2 aromatic carbocycles. The van der Waals surface area contributed by atoms with Crippen LogP contribution in [0.1, 0.15) is 17.4 Å². The molecule has 0 atom stereocenters. The minimum absolute atomic E-state index is 0. The van der Waals surface area contributed by atoms with Crippen LogP contribution < -0.4 is 59.1 Å². The fourth-order valence-corrected chi connectivity index (χ4v) is 3.81. The van der Waals surface area contributed by atoms with Crippen molar-refractivity contribution < 1.29 is 99.7 Å². The van der Waals surface area contributed by atoms with Gasteiger partial charge in [-0.15, -0.1) is 5.11 Å². The smallest absolute Gasteiger partial charge is 0.744 e. The summed E-state index contributed by atoms with van der Waals surface area (Å²) in [5.74, 6) is -2.73. The van der Waals surface area contributed by atoms with E-state index in [9.17, 15) is 35.8 Å².